The second-order valence-corrected chi connectivity index (χ2v) is 10.1. The van der Waals surface area contributed by atoms with E-state index in [1.807, 2.05) is 24.3 Å². The Labute approximate surface area is 224 Å². The zero-order valence-electron chi connectivity index (χ0n) is 20.0. The molecule has 37 heavy (non-hydrogen) atoms. The second kappa shape index (κ2) is 10.9. The number of nitrogens with one attached hydrogen (secondary N) is 1. The van der Waals surface area contributed by atoms with Crippen molar-refractivity contribution in [3.05, 3.63) is 81.8 Å². The quantitative estimate of drug-likeness (QED) is 0.390. The van der Waals surface area contributed by atoms with E-state index in [1.165, 1.54) is 0 Å². The van der Waals surface area contributed by atoms with Gasteiger partial charge < -0.3 is 24.8 Å². The maximum atomic E-state index is 12.9. The van der Waals surface area contributed by atoms with Crippen molar-refractivity contribution in [1.82, 2.24) is 5.32 Å². The molecule has 192 valence electrons. The summed E-state index contributed by atoms with van der Waals surface area (Å²) in [5.41, 5.74) is 2.12. The van der Waals surface area contributed by atoms with Gasteiger partial charge in [-0.25, -0.2) is 0 Å². The number of amides is 1. The Hall–Kier alpha value is -3.42. The molecule has 1 saturated heterocycles. The average molecular weight is 541 g/mol. The molecular weight excluding hydrogens is 515 g/mol. The van der Waals surface area contributed by atoms with Crippen molar-refractivity contribution < 1.29 is 24.2 Å². The summed E-state index contributed by atoms with van der Waals surface area (Å²) < 4.78 is 11.6. The monoisotopic (exact) mass is 540 g/mol. The molecule has 2 aliphatic rings. The first-order valence-electron chi connectivity index (χ1n) is 12.2. The fraction of sp³-hybridized carbons (Fsp3) is 0.286. The van der Waals surface area contributed by atoms with Gasteiger partial charge in [0.15, 0.2) is 0 Å². The molecule has 2 unspecified atom stereocenters. The fourth-order valence-corrected chi connectivity index (χ4v) is 5.19. The van der Waals surface area contributed by atoms with E-state index in [2.05, 4.69) is 10.2 Å². The Bertz CT molecular complexity index is 1310. The number of rotatable bonds is 6. The lowest BCUT2D eigenvalue weighted by molar-refractivity contribution is -0.139. The number of carbonyl (C=O) groups is 2. The van der Waals surface area contributed by atoms with Gasteiger partial charge in [-0.1, -0.05) is 29.3 Å². The zero-order valence-corrected chi connectivity index (χ0v) is 21.5. The van der Waals surface area contributed by atoms with Gasteiger partial charge in [-0.3, -0.25) is 9.59 Å². The highest BCUT2D eigenvalue weighted by atomic mass is 35.5. The predicted molar refractivity (Wildman–Crippen MR) is 143 cm³/mol. The van der Waals surface area contributed by atoms with Crippen LogP contribution in [0.2, 0.25) is 10.0 Å². The van der Waals surface area contributed by atoms with E-state index >= 15 is 0 Å². The zero-order chi connectivity index (χ0) is 25.9. The summed E-state index contributed by atoms with van der Waals surface area (Å²) in [5, 5.41) is 13.6. The number of carbonyl (C=O) groups excluding carboxylic acids is 1. The van der Waals surface area contributed by atoms with E-state index in [0.29, 0.717) is 51.4 Å². The van der Waals surface area contributed by atoms with Gasteiger partial charge in [0.25, 0.3) is 5.91 Å². The van der Waals surface area contributed by atoms with E-state index < -0.39 is 11.9 Å². The third kappa shape index (κ3) is 5.78. The lowest BCUT2D eigenvalue weighted by Gasteiger charge is -2.34. The van der Waals surface area contributed by atoms with Crippen LogP contribution in [0, 0.1) is 0 Å². The first kappa shape index (κ1) is 25.2. The molecule has 2 atom stereocenters. The van der Waals surface area contributed by atoms with Crippen molar-refractivity contribution in [2.75, 3.05) is 24.6 Å². The summed E-state index contributed by atoms with van der Waals surface area (Å²) in [4.78, 5) is 26.7. The topological polar surface area (TPSA) is 88.1 Å². The van der Waals surface area contributed by atoms with Crippen LogP contribution in [0.3, 0.4) is 0 Å². The highest BCUT2D eigenvalue weighted by Crippen LogP contribution is 2.41. The number of ether oxygens (including phenoxy) is 2. The van der Waals surface area contributed by atoms with Crippen LogP contribution in [0.15, 0.2) is 60.7 Å². The van der Waals surface area contributed by atoms with Crippen LogP contribution in [0.25, 0.3) is 0 Å². The van der Waals surface area contributed by atoms with E-state index in [0.717, 1.165) is 31.6 Å². The number of hydrogen-bond acceptors (Lipinski definition) is 5. The molecular formula is C28H26Cl2N2O5. The number of hydrogen-bond donors (Lipinski definition) is 2. The number of benzene rings is 3. The van der Waals surface area contributed by atoms with Crippen molar-refractivity contribution >= 4 is 40.8 Å². The normalized spacial score (nSPS) is 18.9. The highest BCUT2D eigenvalue weighted by Gasteiger charge is 2.29. The first-order valence-corrected chi connectivity index (χ1v) is 12.9. The van der Waals surface area contributed by atoms with Crippen molar-refractivity contribution in [1.29, 1.82) is 0 Å². The number of carboxylic acid groups (broad SMARTS) is 1. The molecule has 0 bridgehead atoms. The van der Waals surface area contributed by atoms with Crippen LogP contribution >= 0.6 is 23.2 Å². The van der Waals surface area contributed by atoms with Crippen molar-refractivity contribution in [3.8, 4) is 17.2 Å². The third-order valence-corrected chi connectivity index (χ3v) is 7.21. The Balaban J connectivity index is 1.22. The van der Waals surface area contributed by atoms with Crippen LogP contribution in [-0.4, -0.2) is 42.7 Å². The van der Waals surface area contributed by atoms with Crippen molar-refractivity contribution in [2.24, 2.45) is 0 Å². The first-order chi connectivity index (χ1) is 17.9. The average Bonchev–Trinajstić information content (AvgIpc) is 2.89. The number of fused-ring (bicyclic) bond motifs is 1. The number of halogens is 2. The summed E-state index contributed by atoms with van der Waals surface area (Å²) in [6.07, 6.45) is 2.27. The van der Waals surface area contributed by atoms with Gasteiger partial charge >= 0.3 is 5.97 Å². The number of nitrogens with zero attached hydrogens (tertiary/aromatic N) is 1. The Morgan fingerprint density at radius 3 is 2.62 bits per heavy atom. The molecule has 9 heteroatoms. The van der Waals surface area contributed by atoms with Crippen LogP contribution < -0.4 is 19.7 Å². The van der Waals surface area contributed by atoms with Gasteiger partial charge in [-0.15, -0.1) is 0 Å². The van der Waals surface area contributed by atoms with Gasteiger partial charge in [0.05, 0.1) is 17.5 Å². The maximum Gasteiger partial charge on any atom is 0.311 e. The smallest absolute Gasteiger partial charge is 0.311 e. The molecule has 2 heterocycles. The lowest BCUT2D eigenvalue weighted by atomic mass is 9.93. The molecule has 3 aromatic carbocycles. The summed E-state index contributed by atoms with van der Waals surface area (Å²) in [6, 6.07) is 17.8. The maximum absolute atomic E-state index is 12.9. The molecule has 1 fully saturated rings. The van der Waals surface area contributed by atoms with E-state index in [1.54, 1.807) is 36.4 Å². The third-order valence-electron chi connectivity index (χ3n) is 6.68. The summed E-state index contributed by atoms with van der Waals surface area (Å²) in [7, 11) is 0. The fourth-order valence-electron chi connectivity index (χ4n) is 4.80. The minimum absolute atomic E-state index is 0.0279. The molecule has 0 aromatic heterocycles. The molecule has 3 aromatic rings. The lowest BCUT2D eigenvalue weighted by Crippen LogP contribution is -2.47. The van der Waals surface area contributed by atoms with Gasteiger partial charge in [0, 0.05) is 47.0 Å². The van der Waals surface area contributed by atoms with Crippen LogP contribution in [0.5, 0.6) is 17.2 Å². The van der Waals surface area contributed by atoms with E-state index in [9.17, 15) is 14.7 Å². The van der Waals surface area contributed by atoms with Crippen LogP contribution in [0.1, 0.15) is 41.1 Å². The second-order valence-electron chi connectivity index (χ2n) is 9.21. The van der Waals surface area contributed by atoms with Gasteiger partial charge in [-0.2, -0.15) is 0 Å². The molecule has 2 aliphatic heterocycles. The standard InChI is InChI=1S/C28H26Cl2N2O5/c29-18-3-1-5-20(13-18)32-11-2-4-19(16-32)31-27(33)17-6-8-21(9-7-17)37-26-15-25-23(14-24(26)30)22(28(34)35)10-12-36-25/h1,3,5-9,13-15,19,22H,2,4,10-12,16H2,(H,31,33)(H,34,35). The molecule has 2 N–H and O–H groups in total. The van der Waals surface area contributed by atoms with E-state index in [4.69, 9.17) is 32.7 Å². The minimum Gasteiger partial charge on any atom is -0.493 e. The van der Waals surface area contributed by atoms with Crippen molar-refractivity contribution in [2.45, 2.75) is 31.2 Å². The van der Waals surface area contributed by atoms with Crippen LogP contribution in [0.4, 0.5) is 5.69 Å². The largest absolute Gasteiger partial charge is 0.493 e. The Morgan fingerprint density at radius 1 is 1.05 bits per heavy atom. The van der Waals surface area contributed by atoms with Gasteiger partial charge in [0.1, 0.15) is 17.2 Å². The molecule has 0 radical (unpaired) electrons. The Kier molecular flexibility index (Phi) is 7.44. The summed E-state index contributed by atoms with van der Waals surface area (Å²) >= 11 is 12.5. The number of anilines is 1. The molecule has 7 nitrogen and oxygen atoms in total. The number of piperidine rings is 1. The molecule has 5 rings (SSSR count). The molecule has 0 aliphatic carbocycles. The number of carboxylic acids is 1. The molecule has 0 saturated carbocycles. The van der Waals surface area contributed by atoms with E-state index in [-0.39, 0.29) is 11.9 Å². The SMILES string of the molecule is O=C(NC1CCCN(c2cccc(Cl)c2)C1)c1ccc(Oc2cc3c(cc2Cl)C(C(=O)O)CCO3)cc1. The summed E-state index contributed by atoms with van der Waals surface area (Å²) in [5.74, 6) is -0.415. The van der Waals surface area contributed by atoms with Crippen LogP contribution in [-0.2, 0) is 4.79 Å². The van der Waals surface area contributed by atoms with Gasteiger partial charge in [-0.05, 0) is 67.8 Å². The molecule has 0 spiro atoms. The highest BCUT2D eigenvalue weighted by molar-refractivity contribution is 6.32. The predicted octanol–water partition coefficient (Wildman–Crippen LogP) is 6.14. The van der Waals surface area contributed by atoms with Crippen molar-refractivity contribution in [3.63, 3.8) is 0 Å². The minimum atomic E-state index is -0.909. The molecule has 1 amide bonds. The number of aliphatic carboxylic acids is 1. The summed E-state index contributed by atoms with van der Waals surface area (Å²) in [6.45, 7) is 1.95. The Morgan fingerprint density at radius 2 is 1.86 bits per heavy atom. The van der Waals surface area contributed by atoms with Gasteiger partial charge in [0.2, 0.25) is 0 Å².